The summed E-state index contributed by atoms with van der Waals surface area (Å²) in [6, 6.07) is 15.9. The highest BCUT2D eigenvalue weighted by atomic mass is 19.1. The summed E-state index contributed by atoms with van der Waals surface area (Å²) in [6.45, 7) is 4.73. The molecule has 0 saturated heterocycles. The molecule has 0 spiro atoms. The van der Waals surface area contributed by atoms with Crippen molar-refractivity contribution < 1.29 is 9.18 Å². The third kappa shape index (κ3) is 3.55. The smallest absolute Gasteiger partial charge is 0.252 e. The zero-order valence-electron chi connectivity index (χ0n) is 16.4. The fourth-order valence-corrected chi connectivity index (χ4v) is 3.67. The molecule has 0 aliphatic carbocycles. The molecule has 1 atom stereocenters. The Labute approximate surface area is 168 Å². The molecule has 2 aromatic carbocycles. The zero-order valence-corrected chi connectivity index (χ0v) is 16.4. The molecule has 1 aliphatic rings. The monoisotopic (exact) mass is 391 g/mol. The van der Waals surface area contributed by atoms with E-state index in [0.717, 1.165) is 11.1 Å². The number of carbonyl (C=O) groups excluding carboxylic acids is 1. The molecule has 148 valence electrons. The number of benzene rings is 2. The van der Waals surface area contributed by atoms with Gasteiger partial charge in [-0.25, -0.2) is 9.07 Å². The summed E-state index contributed by atoms with van der Waals surface area (Å²) in [5.74, 6) is 0.257. The molecule has 4 rings (SSSR count). The molecule has 0 saturated carbocycles. The normalized spacial score (nSPS) is 20.6. The van der Waals surface area contributed by atoms with E-state index < -0.39 is 5.54 Å². The molecule has 1 aliphatic heterocycles. The van der Waals surface area contributed by atoms with Crippen LogP contribution in [-0.4, -0.2) is 31.0 Å². The average Bonchev–Trinajstić information content (AvgIpc) is 3.19. The Morgan fingerprint density at radius 1 is 1.14 bits per heavy atom. The number of hydrogen-bond acceptors (Lipinski definition) is 4. The largest absolute Gasteiger partial charge is 0.322 e. The Bertz CT molecular complexity index is 1040. The third-order valence-electron chi connectivity index (χ3n) is 5.53. The first-order valence-electron chi connectivity index (χ1n) is 9.60. The van der Waals surface area contributed by atoms with Gasteiger partial charge in [0, 0.05) is 12.1 Å². The highest BCUT2D eigenvalue weighted by Gasteiger charge is 2.43. The van der Waals surface area contributed by atoms with Crippen molar-refractivity contribution in [2.75, 3.05) is 0 Å². The molecule has 29 heavy (non-hydrogen) atoms. The summed E-state index contributed by atoms with van der Waals surface area (Å²) in [5.41, 5.74) is 1.68. The minimum Gasteiger partial charge on any atom is -0.322 e. The maximum Gasteiger partial charge on any atom is 0.252 e. The van der Waals surface area contributed by atoms with E-state index in [1.807, 2.05) is 49.1 Å². The molecule has 3 aromatic rings. The molecule has 7 heteroatoms. The van der Waals surface area contributed by atoms with E-state index >= 15 is 0 Å². The minimum atomic E-state index is -0.658. The summed E-state index contributed by atoms with van der Waals surface area (Å²) < 4.78 is 15.0. The van der Waals surface area contributed by atoms with Crippen molar-refractivity contribution in [3.63, 3.8) is 0 Å². The molecule has 1 unspecified atom stereocenters. The standard InChI is InChI=1S/C22H22FN5O/c1-3-22(2)21-24-25-26-28(21)15-18(13-16-9-11-19(23)12-10-16)20(29)27(22)14-17-7-5-4-6-8-17/h4-13H,3,14-15H2,1-2H3/b18-13+. The maximum atomic E-state index is 13.7. The highest BCUT2D eigenvalue weighted by Crippen LogP contribution is 2.36. The van der Waals surface area contributed by atoms with Gasteiger partial charge in [-0.15, -0.1) is 5.10 Å². The van der Waals surface area contributed by atoms with Crippen LogP contribution < -0.4 is 0 Å². The Morgan fingerprint density at radius 3 is 2.55 bits per heavy atom. The van der Waals surface area contributed by atoms with Gasteiger partial charge < -0.3 is 4.90 Å². The first-order valence-corrected chi connectivity index (χ1v) is 9.60. The summed E-state index contributed by atoms with van der Waals surface area (Å²) in [4.78, 5) is 15.5. The molecule has 0 N–H and O–H groups in total. The highest BCUT2D eigenvalue weighted by molar-refractivity contribution is 5.98. The van der Waals surface area contributed by atoms with Crippen LogP contribution >= 0.6 is 0 Å². The van der Waals surface area contributed by atoms with E-state index in [1.165, 1.54) is 12.1 Å². The van der Waals surface area contributed by atoms with Gasteiger partial charge in [0.15, 0.2) is 5.82 Å². The number of aromatic nitrogens is 4. The molecule has 0 radical (unpaired) electrons. The van der Waals surface area contributed by atoms with Crippen LogP contribution in [0.1, 0.15) is 37.2 Å². The van der Waals surface area contributed by atoms with E-state index in [1.54, 1.807) is 22.9 Å². The van der Waals surface area contributed by atoms with Crippen LogP contribution in [-0.2, 0) is 23.4 Å². The molecule has 6 nitrogen and oxygen atoms in total. The number of tetrazole rings is 1. The van der Waals surface area contributed by atoms with Gasteiger partial charge in [0.2, 0.25) is 0 Å². The van der Waals surface area contributed by atoms with Gasteiger partial charge in [0.25, 0.3) is 5.91 Å². The Kier molecular flexibility index (Phi) is 4.96. The first kappa shape index (κ1) is 19.0. The van der Waals surface area contributed by atoms with Crippen molar-refractivity contribution in [1.29, 1.82) is 0 Å². The van der Waals surface area contributed by atoms with Gasteiger partial charge in [-0.1, -0.05) is 49.4 Å². The molecule has 0 fully saturated rings. The van der Waals surface area contributed by atoms with Gasteiger partial charge in [0.1, 0.15) is 11.4 Å². The predicted octanol–water partition coefficient (Wildman–Crippen LogP) is 3.56. The average molecular weight is 391 g/mol. The van der Waals surface area contributed by atoms with Crippen molar-refractivity contribution in [2.24, 2.45) is 0 Å². The number of nitrogens with zero attached hydrogens (tertiary/aromatic N) is 5. The van der Waals surface area contributed by atoms with Crippen molar-refractivity contribution in [1.82, 2.24) is 25.1 Å². The van der Waals surface area contributed by atoms with Crippen LogP contribution in [0.4, 0.5) is 4.39 Å². The lowest BCUT2D eigenvalue weighted by Gasteiger charge is -2.38. The third-order valence-corrected chi connectivity index (χ3v) is 5.53. The summed E-state index contributed by atoms with van der Waals surface area (Å²) in [7, 11) is 0. The second-order valence-corrected chi connectivity index (χ2v) is 7.39. The van der Waals surface area contributed by atoms with Crippen LogP contribution in [0.25, 0.3) is 6.08 Å². The second kappa shape index (κ2) is 7.58. The van der Waals surface area contributed by atoms with Gasteiger partial charge in [0.05, 0.1) is 6.54 Å². The number of fused-ring (bicyclic) bond motifs is 1. The summed E-state index contributed by atoms with van der Waals surface area (Å²) >= 11 is 0. The van der Waals surface area contributed by atoms with E-state index in [9.17, 15) is 9.18 Å². The SMILES string of the molecule is CCC1(C)c2nnnn2C/C(=C\c2ccc(F)cc2)C(=O)N1Cc1ccccc1. The van der Waals surface area contributed by atoms with Crippen molar-refractivity contribution in [3.8, 4) is 0 Å². The molecule has 2 heterocycles. The fourth-order valence-electron chi connectivity index (χ4n) is 3.67. The maximum absolute atomic E-state index is 13.7. The topological polar surface area (TPSA) is 63.9 Å². The van der Waals surface area contributed by atoms with Crippen LogP contribution in [0.5, 0.6) is 0 Å². The van der Waals surface area contributed by atoms with Crippen molar-refractivity contribution in [3.05, 3.63) is 82.9 Å². The van der Waals surface area contributed by atoms with Crippen molar-refractivity contribution >= 4 is 12.0 Å². The lowest BCUT2D eigenvalue weighted by atomic mass is 9.94. The van der Waals surface area contributed by atoms with Crippen molar-refractivity contribution in [2.45, 2.75) is 38.9 Å². The molecular formula is C22H22FN5O. The number of hydrogen-bond donors (Lipinski definition) is 0. The quantitative estimate of drug-likeness (QED) is 0.638. The van der Waals surface area contributed by atoms with E-state index in [4.69, 9.17) is 0 Å². The second-order valence-electron chi connectivity index (χ2n) is 7.39. The number of rotatable bonds is 4. The van der Waals surface area contributed by atoms with Gasteiger partial charge in [-0.3, -0.25) is 4.79 Å². The van der Waals surface area contributed by atoms with Gasteiger partial charge in [-0.05, 0) is 53.1 Å². The van der Waals surface area contributed by atoms with Gasteiger partial charge >= 0.3 is 0 Å². The van der Waals surface area contributed by atoms with Crippen LogP contribution in [0.15, 0.2) is 60.2 Å². The summed E-state index contributed by atoms with van der Waals surface area (Å²) in [5, 5.41) is 12.2. The van der Waals surface area contributed by atoms with E-state index in [-0.39, 0.29) is 18.3 Å². The lowest BCUT2D eigenvalue weighted by molar-refractivity contribution is -0.134. The van der Waals surface area contributed by atoms with Crippen LogP contribution in [0.3, 0.4) is 0 Å². The predicted molar refractivity (Wildman–Crippen MR) is 107 cm³/mol. The fraction of sp³-hybridized carbons (Fsp3) is 0.273. The number of amides is 1. The van der Waals surface area contributed by atoms with Crippen LogP contribution in [0.2, 0.25) is 0 Å². The summed E-state index contributed by atoms with van der Waals surface area (Å²) in [6.07, 6.45) is 2.45. The van der Waals surface area contributed by atoms with Crippen LogP contribution in [0, 0.1) is 5.82 Å². The Balaban J connectivity index is 1.82. The van der Waals surface area contributed by atoms with E-state index in [0.29, 0.717) is 24.4 Å². The Morgan fingerprint density at radius 2 is 1.86 bits per heavy atom. The minimum absolute atomic E-state index is 0.0881. The van der Waals surface area contributed by atoms with Gasteiger partial charge in [-0.2, -0.15) is 0 Å². The molecular weight excluding hydrogens is 369 g/mol. The zero-order chi connectivity index (χ0) is 20.4. The first-order chi connectivity index (χ1) is 14.0. The molecule has 1 aromatic heterocycles. The molecule has 0 bridgehead atoms. The lowest BCUT2D eigenvalue weighted by Crippen LogP contribution is -2.47. The molecule has 1 amide bonds. The van der Waals surface area contributed by atoms with E-state index in [2.05, 4.69) is 15.5 Å². The Hall–Kier alpha value is -3.35. The number of carbonyl (C=O) groups is 1. The number of halogens is 1.